The maximum absolute atomic E-state index is 14.9. The fourth-order valence-electron chi connectivity index (χ4n) is 4.92. The minimum Gasteiger partial charge on any atom is -0.351 e. The molecule has 0 amide bonds. The number of rotatable bonds is 11. The van der Waals surface area contributed by atoms with Crippen LogP contribution in [-0.2, 0) is 19.9 Å². The molecule has 1 aliphatic heterocycles. The number of nitrogens with zero attached hydrogens (tertiary/aromatic N) is 4. The molecular formula is C30H33F3N6O4S3. The van der Waals surface area contributed by atoms with Crippen LogP contribution in [0.3, 0.4) is 0 Å². The Morgan fingerprint density at radius 3 is 2.39 bits per heavy atom. The predicted molar refractivity (Wildman–Crippen MR) is 173 cm³/mol. The van der Waals surface area contributed by atoms with Gasteiger partial charge in [-0.2, -0.15) is 0 Å². The molecule has 0 radical (unpaired) electrons. The fraction of sp³-hybridized carbons (Fsp3) is 0.367. The molecular weight excluding hydrogens is 662 g/mol. The molecule has 0 atom stereocenters. The van der Waals surface area contributed by atoms with E-state index in [4.69, 9.17) is 9.97 Å². The quantitative estimate of drug-likeness (QED) is 0.208. The Labute approximate surface area is 270 Å². The number of benzene rings is 2. The third kappa shape index (κ3) is 8.21. The minimum atomic E-state index is -4.67. The summed E-state index contributed by atoms with van der Waals surface area (Å²) in [5.41, 5.74) is 0.913. The van der Waals surface area contributed by atoms with Crippen molar-refractivity contribution in [3.05, 3.63) is 71.1 Å². The average Bonchev–Trinajstić information content (AvgIpc) is 3.45. The Hall–Kier alpha value is -3.60. The first kappa shape index (κ1) is 33.8. The second kappa shape index (κ2) is 13.6. The molecule has 2 aromatic carbocycles. The van der Waals surface area contributed by atoms with Crippen LogP contribution >= 0.6 is 11.3 Å². The fourth-order valence-corrected chi connectivity index (χ4v) is 7.72. The van der Waals surface area contributed by atoms with Crippen molar-refractivity contribution in [3.8, 4) is 21.8 Å². The van der Waals surface area contributed by atoms with Crippen molar-refractivity contribution in [2.24, 2.45) is 0 Å². The molecule has 0 bridgehead atoms. The molecule has 0 aliphatic carbocycles. The third-order valence-corrected chi connectivity index (χ3v) is 11.1. The molecule has 3 heterocycles. The molecule has 0 unspecified atom stereocenters. The molecule has 4 aromatic rings. The molecule has 1 saturated heterocycles. The van der Waals surface area contributed by atoms with E-state index in [2.05, 4.69) is 15.2 Å². The van der Waals surface area contributed by atoms with Gasteiger partial charge in [-0.25, -0.2) is 45.0 Å². The van der Waals surface area contributed by atoms with Gasteiger partial charge in [0, 0.05) is 49.6 Å². The molecule has 2 aromatic heterocycles. The van der Waals surface area contributed by atoms with Crippen LogP contribution in [0.4, 0.5) is 24.8 Å². The molecule has 46 heavy (non-hydrogen) atoms. The molecule has 2 N–H and O–H groups in total. The first-order chi connectivity index (χ1) is 21.7. The SMILES string of the molecule is CC(C)c1nc(-c2ccc(F)c(NS(=O)(=O)c3cc(F)ccc3F)c2)c(-c2ccnc(NC3CCN(CCS(C)(=O)=O)CC3)n2)s1. The van der Waals surface area contributed by atoms with Crippen LogP contribution in [-0.4, -0.2) is 74.4 Å². The predicted octanol–water partition coefficient (Wildman–Crippen LogP) is 5.53. The van der Waals surface area contributed by atoms with E-state index in [1.54, 1.807) is 12.3 Å². The summed E-state index contributed by atoms with van der Waals surface area (Å²) in [6.07, 6.45) is 4.42. The van der Waals surface area contributed by atoms with Gasteiger partial charge in [0.1, 0.15) is 32.2 Å². The highest BCUT2D eigenvalue weighted by atomic mass is 32.2. The van der Waals surface area contributed by atoms with Crippen LogP contribution in [0.2, 0.25) is 0 Å². The van der Waals surface area contributed by atoms with E-state index in [-0.39, 0.29) is 17.7 Å². The zero-order chi connectivity index (χ0) is 33.2. The van der Waals surface area contributed by atoms with E-state index < -0.39 is 47.9 Å². The van der Waals surface area contributed by atoms with Crippen molar-refractivity contribution >= 4 is 42.8 Å². The lowest BCUT2D eigenvalue weighted by Crippen LogP contribution is -2.41. The van der Waals surface area contributed by atoms with Crippen molar-refractivity contribution in [2.75, 3.05) is 41.7 Å². The molecule has 10 nitrogen and oxygen atoms in total. The number of thiazole rings is 1. The van der Waals surface area contributed by atoms with E-state index in [1.165, 1.54) is 29.7 Å². The van der Waals surface area contributed by atoms with Crippen molar-refractivity contribution < 1.29 is 30.0 Å². The van der Waals surface area contributed by atoms with Crippen LogP contribution in [0, 0.1) is 17.5 Å². The van der Waals surface area contributed by atoms with Crippen LogP contribution in [0.1, 0.15) is 37.6 Å². The lowest BCUT2D eigenvalue weighted by atomic mass is 10.1. The van der Waals surface area contributed by atoms with Gasteiger partial charge in [-0.1, -0.05) is 13.8 Å². The maximum Gasteiger partial charge on any atom is 0.265 e. The summed E-state index contributed by atoms with van der Waals surface area (Å²) in [5, 5.41) is 4.14. The molecule has 246 valence electrons. The Morgan fingerprint density at radius 1 is 0.978 bits per heavy atom. The lowest BCUT2D eigenvalue weighted by molar-refractivity contribution is 0.230. The van der Waals surface area contributed by atoms with Crippen LogP contribution in [0.15, 0.2) is 53.6 Å². The highest BCUT2D eigenvalue weighted by Gasteiger charge is 2.25. The molecule has 16 heteroatoms. The normalized spacial score (nSPS) is 14.9. The van der Waals surface area contributed by atoms with Gasteiger partial charge >= 0.3 is 0 Å². The minimum absolute atomic E-state index is 0.0409. The summed E-state index contributed by atoms with van der Waals surface area (Å²) in [6.45, 7) is 5.93. The van der Waals surface area contributed by atoms with Gasteiger partial charge in [0.25, 0.3) is 10.0 Å². The number of nitrogens with one attached hydrogen (secondary N) is 2. The van der Waals surface area contributed by atoms with Crippen molar-refractivity contribution in [2.45, 2.75) is 43.5 Å². The Morgan fingerprint density at radius 2 is 1.70 bits per heavy atom. The third-order valence-electron chi connectivity index (χ3n) is 7.39. The Balaban J connectivity index is 1.40. The number of piperidine rings is 1. The van der Waals surface area contributed by atoms with E-state index in [1.807, 2.05) is 18.6 Å². The second-order valence-corrected chi connectivity index (χ2v) is 16.4. The van der Waals surface area contributed by atoms with E-state index in [0.717, 1.165) is 43.1 Å². The summed E-state index contributed by atoms with van der Waals surface area (Å²) >= 11 is 1.39. The van der Waals surface area contributed by atoms with Gasteiger partial charge in [0.15, 0.2) is 0 Å². The van der Waals surface area contributed by atoms with Crippen LogP contribution in [0.25, 0.3) is 21.8 Å². The van der Waals surface area contributed by atoms with E-state index >= 15 is 0 Å². The van der Waals surface area contributed by atoms with Crippen LogP contribution < -0.4 is 10.0 Å². The second-order valence-electron chi connectivity index (χ2n) is 11.4. The van der Waals surface area contributed by atoms with Gasteiger partial charge in [0.2, 0.25) is 5.95 Å². The van der Waals surface area contributed by atoms with Crippen molar-refractivity contribution in [1.82, 2.24) is 19.9 Å². The number of likely N-dealkylation sites (tertiary alicyclic amines) is 1. The highest BCUT2D eigenvalue weighted by molar-refractivity contribution is 7.92. The maximum atomic E-state index is 14.9. The summed E-state index contributed by atoms with van der Waals surface area (Å²) in [7, 11) is -7.70. The van der Waals surface area contributed by atoms with Gasteiger partial charge in [-0.15, -0.1) is 11.3 Å². The monoisotopic (exact) mass is 694 g/mol. The largest absolute Gasteiger partial charge is 0.351 e. The molecule has 1 fully saturated rings. The molecule has 1 aliphatic rings. The standard InChI is InChI=1S/C30H33F3N6O4S3/c1-18(2)29-37-27(19-4-6-22(32)25(16-19)38-46(42,43)26-17-20(31)5-7-23(26)33)28(44-29)24-8-11-34-30(36-24)35-21-9-12-39(13-10-21)14-15-45(3,40)41/h4-8,11,16-18,21,38H,9-10,12-15H2,1-3H3,(H,34,35,36). The first-order valence-electron chi connectivity index (χ1n) is 14.5. The van der Waals surface area contributed by atoms with Crippen molar-refractivity contribution in [1.29, 1.82) is 0 Å². The van der Waals surface area contributed by atoms with Gasteiger partial charge in [-0.05, 0) is 55.3 Å². The first-order valence-corrected chi connectivity index (χ1v) is 18.8. The highest BCUT2D eigenvalue weighted by Crippen LogP contribution is 2.40. The number of hydrogen-bond donors (Lipinski definition) is 2. The van der Waals surface area contributed by atoms with Gasteiger partial charge in [0.05, 0.1) is 32.7 Å². The summed E-state index contributed by atoms with van der Waals surface area (Å²) in [4.78, 5) is 15.7. The van der Waals surface area contributed by atoms with Crippen molar-refractivity contribution in [3.63, 3.8) is 0 Å². The number of hydrogen-bond acceptors (Lipinski definition) is 10. The van der Waals surface area contributed by atoms with E-state index in [9.17, 15) is 30.0 Å². The lowest BCUT2D eigenvalue weighted by Gasteiger charge is -2.32. The van der Waals surface area contributed by atoms with Gasteiger partial charge < -0.3 is 10.2 Å². The molecule has 0 saturated carbocycles. The topological polar surface area (TPSA) is 134 Å². The van der Waals surface area contributed by atoms with E-state index in [0.29, 0.717) is 46.5 Å². The van der Waals surface area contributed by atoms with Gasteiger partial charge in [-0.3, -0.25) is 4.72 Å². The number of sulfone groups is 1. The number of sulfonamides is 1. The smallest absolute Gasteiger partial charge is 0.265 e. The zero-order valence-electron chi connectivity index (χ0n) is 25.3. The Bertz CT molecular complexity index is 1950. The number of halogens is 3. The summed E-state index contributed by atoms with van der Waals surface area (Å²) in [5.74, 6) is -2.49. The average molecular weight is 695 g/mol. The zero-order valence-corrected chi connectivity index (χ0v) is 27.7. The molecule has 5 rings (SSSR count). The summed E-state index contributed by atoms with van der Waals surface area (Å²) < 4.78 is 93.8. The number of aromatic nitrogens is 3. The van der Waals surface area contributed by atoms with Crippen LogP contribution in [0.5, 0.6) is 0 Å². The summed E-state index contributed by atoms with van der Waals surface area (Å²) in [6, 6.07) is 7.58. The number of anilines is 2. The molecule has 0 spiro atoms. The Kier molecular flexibility index (Phi) is 10.0.